The number of phosphoric acid groups is 2. The van der Waals surface area contributed by atoms with E-state index in [9.17, 15) is 33.8 Å². The molecule has 0 amide bonds. The van der Waals surface area contributed by atoms with E-state index in [1.165, 1.54) is 57.8 Å². The smallest absolute Gasteiger partial charge is 0.462 e. The number of aliphatic hydroxyl groups is 2. The molecule has 2 unspecified atom stereocenters. The van der Waals surface area contributed by atoms with Crippen molar-refractivity contribution in [2.45, 2.75) is 167 Å². The number of phosphoric ester groups is 2. The predicted octanol–water partition coefficient (Wildman–Crippen LogP) is 9.98. The highest BCUT2D eigenvalue weighted by atomic mass is 31.2. The Labute approximate surface area is 359 Å². The quantitative estimate of drug-likeness (QED) is 0.0127. The van der Waals surface area contributed by atoms with Crippen LogP contribution < -0.4 is 0 Å². The molecule has 0 aliphatic heterocycles. The van der Waals surface area contributed by atoms with Gasteiger partial charge < -0.3 is 34.4 Å². The summed E-state index contributed by atoms with van der Waals surface area (Å²) >= 11 is 0. The molecule has 0 heterocycles. The second-order valence-corrected chi connectivity index (χ2v) is 17.1. The monoisotopic (exact) mass is 890 g/mol. The molecule has 0 saturated carbocycles. The summed E-state index contributed by atoms with van der Waals surface area (Å²) in [5.41, 5.74) is 0. The van der Waals surface area contributed by atoms with Gasteiger partial charge in [-0.3, -0.25) is 23.2 Å². The van der Waals surface area contributed by atoms with Gasteiger partial charge in [0, 0.05) is 12.8 Å². The van der Waals surface area contributed by atoms with Gasteiger partial charge in [-0.2, -0.15) is 0 Å². The molecule has 5 N–H and O–H groups in total. The Bertz CT molecular complexity index is 1350. The number of esters is 2. The second kappa shape index (κ2) is 39.4. The third-order valence-corrected chi connectivity index (χ3v) is 10.1. The summed E-state index contributed by atoms with van der Waals surface area (Å²) in [7, 11) is -9.72. The largest absolute Gasteiger partial charge is 0.472 e. The number of unbranched alkanes of at least 4 members (excludes halogenated alkanes) is 12. The van der Waals surface area contributed by atoms with Crippen LogP contribution in [0.15, 0.2) is 72.9 Å². The molecule has 0 spiro atoms. The Morgan fingerprint density at radius 2 is 1.10 bits per heavy atom. The fraction of sp³-hybridized carbons (Fsp3) is 0.682. The van der Waals surface area contributed by atoms with E-state index < -0.39 is 72.3 Å². The number of rotatable bonds is 40. The van der Waals surface area contributed by atoms with Crippen molar-refractivity contribution in [1.82, 2.24) is 0 Å². The summed E-state index contributed by atoms with van der Waals surface area (Å²) in [5, 5.41) is 19.7. The Morgan fingerprint density at radius 1 is 0.567 bits per heavy atom. The lowest BCUT2D eigenvalue weighted by Gasteiger charge is -2.20. The lowest BCUT2D eigenvalue weighted by Crippen LogP contribution is -2.29. The number of hydrogen-bond acceptors (Lipinski definition) is 11. The van der Waals surface area contributed by atoms with Gasteiger partial charge in [-0.15, -0.1) is 0 Å². The topological polar surface area (TPSA) is 216 Å². The lowest BCUT2D eigenvalue weighted by atomic mass is 10.0. The zero-order valence-corrected chi connectivity index (χ0v) is 37.9. The van der Waals surface area contributed by atoms with Gasteiger partial charge in [0.15, 0.2) is 6.10 Å². The van der Waals surface area contributed by atoms with Crippen LogP contribution in [-0.4, -0.2) is 81.6 Å². The summed E-state index contributed by atoms with van der Waals surface area (Å²) in [5.74, 6) is -1.16. The van der Waals surface area contributed by atoms with Crippen molar-refractivity contribution >= 4 is 27.6 Å². The summed E-state index contributed by atoms with van der Waals surface area (Å²) < 4.78 is 47.6. The van der Waals surface area contributed by atoms with Crippen LogP contribution in [0.3, 0.4) is 0 Å². The first-order chi connectivity index (χ1) is 28.8. The number of carbonyl (C=O) groups is 2. The van der Waals surface area contributed by atoms with Crippen LogP contribution in [0.5, 0.6) is 0 Å². The molecule has 0 rings (SSSR count). The first-order valence-corrected chi connectivity index (χ1v) is 24.8. The van der Waals surface area contributed by atoms with E-state index in [-0.39, 0.29) is 12.8 Å². The Kier molecular flexibility index (Phi) is 37.7. The van der Waals surface area contributed by atoms with Gasteiger partial charge in [0.05, 0.1) is 25.9 Å². The molecule has 60 heavy (non-hydrogen) atoms. The first kappa shape index (κ1) is 57.5. The van der Waals surface area contributed by atoms with Crippen LogP contribution >= 0.6 is 15.6 Å². The van der Waals surface area contributed by atoms with E-state index in [0.29, 0.717) is 25.7 Å². The minimum absolute atomic E-state index is 0.0186. The molecule has 0 aromatic heterocycles. The van der Waals surface area contributed by atoms with Crippen molar-refractivity contribution < 1.29 is 66.7 Å². The molecule has 0 radical (unpaired) electrons. The highest BCUT2D eigenvalue weighted by molar-refractivity contribution is 7.47. The summed E-state index contributed by atoms with van der Waals surface area (Å²) in [4.78, 5) is 52.6. The van der Waals surface area contributed by atoms with Crippen LogP contribution in [0.1, 0.15) is 149 Å². The molecule has 0 aliphatic rings. The molecule has 346 valence electrons. The van der Waals surface area contributed by atoms with Gasteiger partial charge in [-0.05, 0) is 44.9 Å². The molecule has 0 fully saturated rings. The van der Waals surface area contributed by atoms with Crippen LogP contribution in [0.4, 0.5) is 0 Å². The molecule has 0 aliphatic carbocycles. The van der Waals surface area contributed by atoms with Crippen LogP contribution in [0.25, 0.3) is 0 Å². The Hall–Kier alpha value is -2.48. The molecule has 0 aromatic rings. The summed E-state index contributed by atoms with van der Waals surface area (Å²) in [6.45, 7) is 1.47. The van der Waals surface area contributed by atoms with Gasteiger partial charge in [-0.1, -0.05) is 164 Å². The molecule has 0 aromatic carbocycles. The molecule has 4 atom stereocenters. The van der Waals surface area contributed by atoms with E-state index in [1.807, 2.05) is 54.7 Å². The van der Waals surface area contributed by atoms with E-state index in [4.69, 9.17) is 23.8 Å². The van der Waals surface area contributed by atoms with Gasteiger partial charge in [0.1, 0.15) is 12.7 Å². The number of aliphatic hydroxyl groups excluding tert-OH is 2. The molecular weight excluding hydrogens is 814 g/mol. The van der Waals surface area contributed by atoms with Gasteiger partial charge in [0.25, 0.3) is 0 Å². The van der Waals surface area contributed by atoms with Crippen molar-refractivity contribution in [2.75, 3.05) is 26.4 Å². The van der Waals surface area contributed by atoms with E-state index in [2.05, 4.69) is 35.0 Å². The van der Waals surface area contributed by atoms with Crippen molar-refractivity contribution in [3.63, 3.8) is 0 Å². The number of hydrogen-bond donors (Lipinski definition) is 5. The average molecular weight is 891 g/mol. The number of ether oxygens (including phenoxy) is 2. The maximum Gasteiger partial charge on any atom is 0.472 e. The zero-order valence-electron chi connectivity index (χ0n) is 36.1. The lowest BCUT2D eigenvalue weighted by molar-refractivity contribution is -0.161. The maximum absolute atomic E-state index is 12.6. The van der Waals surface area contributed by atoms with Crippen LogP contribution in [0, 0.1) is 0 Å². The molecule has 0 bridgehead atoms. The van der Waals surface area contributed by atoms with E-state index >= 15 is 0 Å². The second-order valence-electron chi connectivity index (χ2n) is 14.4. The zero-order chi connectivity index (χ0) is 44.6. The first-order valence-electron chi connectivity index (χ1n) is 21.7. The van der Waals surface area contributed by atoms with Gasteiger partial charge in [-0.25, -0.2) is 9.13 Å². The highest BCUT2D eigenvalue weighted by Crippen LogP contribution is 2.43. The fourth-order valence-electron chi connectivity index (χ4n) is 5.40. The molecule has 0 saturated heterocycles. The number of allylic oxidation sites excluding steroid dienone is 10. The number of carbonyl (C=O) groups excluding carboxylic acids is 2. The summed E-state index contributed by atoms with van der Waals surface area (Å²) in [6.07, 6.45) is 39.4. The van der Waals surface area contributed by atoms with Crippen molar-refractivity contribution in [3.05, 3.63) is 72.9 Å². The Morgan fingerprint density at radius 3 is 1.72 bits per heavy atom. The van der Waals surface area contributed by atoms with Crippen molar-refractivity contribution in [2.24, 2.45) is 0 Å². The highest BCUT2D eigenvalue weighted by Gasteiger charge is 2.28. The SMILES string of the molecule is CC/C=C\C/C=C\CC(O)/C=C/C=C\C/C=C\C/C=C\CCC(=O)O[C@H](COC(=O)CCCCCCCCCCCCCCC)COP(=O)(O)OC[C@@H](O)COP(=O)(O)O. The van der Waals surface area contributed by atoms with Gasteiger partial charge in [0.2, 0.25) is 0 Å². The van der Waals surface area contributed by atoms with Crippen molar-refractivity contribution in [3.8, 4) is 0 Å². The van der Waals surface area contributed by atoms with E-state index in [0.717, 1.165) is 38.5 Å². The third-order valence-electron chi connectivity index (χ3n) is 8.69. The molecule has 14 nitrogen and oxygen atoms in total. The van der Waals surface area contributed by atoms with Crippen LogP contribution in [0.2, 0.25) is 0 Å². The minimum atomic E-state index is -4.88. The standard InChI is InChI=1S/C44H76O14P2/c1-3-5-7-9-11-12-13-14-15-19-22-26-30-34-43(47)54-38-42(39-57-60(52,53)56-37-41(46)36-55-59(49,50)51)58-44(48)35-31-27-23-20-17-16-18-21-25-29-33-40(45)32-28-24-10-8-6-4-2/h6,8,16-17,21,23-25,27-29,33,40-42,45-46H,3-5,7,9-15,18-20,22,26,30-32,34-39H2,1-2H3,(H,52,53)(H2,49,50,51)/b8-6-,17-16-,25-21-,27-23-,28-24-,33-29+/t40?,41-,42+/m0/s1. The van der Waals surface area contributed by atoms with E-state index in [1.54, 1.807) is 6.08 Å². The third kappa shape index (κ3) is 42.2. The minimum Gasteiger partial charge on any atom is -0.462 e. The molecular formula is C44H76O14P2. The average Bonchev–Trinajstić information content (AvgIpc) is 3.20. The normalized spacial score (nSPS) is 15.2. The fourth-order valence-corrected chi connectivity index (χ4v) is 6.55. The van der Waals surface area contributed by atoms with Gasteiger partial charge >= 0.3 is 27.6 Å². The maximum atomic E-state index is 12.6. The Balaban J connectivity index is 4.71. The predicted molar refractivity (Wildman–Crippen MR) is 236 cm³/mol. The van der Waals surface area contributed by atoms with Crippen LogP contribution in [-0.2, 0) is 41.8 Å². The van der Waals surface area contributed by atoms with Crippen molar-refractivity contribution in [1.29, 1.82) is 0 Å². The molecule has 16 heteroatoms. The summed E-state index contributed by atoms with van der Waals surface area (Å²) in [6, 6.07) is 0.